The second-order valence-corrected chi connectivity index (χ2v) is 4.49. The van der Waals surface area contributed by atoms with Gasteiger partial charge in [0.2, 0.25) is 0 Å². The standard InChI is InChI=1S/C14H19N3/c1-10-5-6-11(2)13(7-10)14-8-12(9-15-3)16-17(14)4/h5-8,15H,9H2,1-4H3. The number of benzene rings is 1. The lowest BCUT2D eigenvalue weighted by Crippen LogP contribution is -2.05. The second kappa shape index (κ2) is 4.72. The predicted octanol–water partition coefficient (Wildman–Crippen LogP) is 2.42. The number of rotatable bonds is 3. The van der Waals surface area contributed by atoms with E-state index in [1.165, 1.54) is 22.4 Å². The van der Waals surface area contributed by atoms with Gasteiger partial charge in [0.1, 0.15) is 0 Å². The molecule has 3 nitrogen and oxygen atoms in total. The molecule has 0 saturated carbocycles. The molecule has 0 unspecified atom stereocenters. The van der Waals surface area contributed by atoms with Gasteiger partial charge in [-0.05, 0) is 38.6 Å². The maximum atomic E-state index is 4.50. The van der Waals surface area contributed by atoms with E-state index in [1.807, 2.05) is 18.8 Å². The van der Waals surface area contributed by atoms with Crippen molar-refractivity contribution in [3.63, 3.8) is 0 Å². The van der Waals surface area contributed by atoms with Crippen molar-refractivity contribution in [2.45, 2.75) is 20.4 Å². The van der Waals surface area contributed by atoms with Crippen LogP contribution < -0.4 is 5.32 Å². The van der Waals surface area contributed by atoms with Gasteiger partial charge in [-0.3, -0.25) is 4.68 Å². The Kier molecular flexibility index (Phi) is 3.29. The first-order chi connectivity index (χ1) is 8.11. The summed E-state index contributed by atoms with van der Waals surface area (Å²) in [5, 5.41) is 7.63. The largest absolute Gasteiger partial charge is 0.314 e. The van der Waals surface area contributed by atoms with Crippen LogP contribution in [0.2, 0.25) is 0 Å². The minimum Gasteiger partial charge on any atom is -0.314 e. The Hall–Kier alpha value is -1.61. The number of hydrogen-bond donors (Lipinski definition) is 1. The molecule has 1 aromatic heterocycles. The Bertz CT molecular complexity index is 526. The van der Waals surface area contributed by atoms with Gasteiger partial charge in [-0.2, -0.15) is 5.10 Å². The highest BCUT2D eigenvalue weighted by Gasteiger charge is 2.09. The molecule has 1 N–H and O–H groups in total. The highest BCUT2D eigenvalue weighted by atomic mass is 15.3. The molecule has 1 heterocycles. The predicted molar refractivity (Wildman–Crippen MR) is 70.9 cm³/mol. The fourth-order valence-electron chi connectivity index (χ4n) is 2.06. The Labute approximate surface area is 102 Å². The van der Waals surface area contributed by atoms with E-state index in [4.69, 9.17) is 0 Å². The first kappa shape index (κ1) is 11.9. The lowest BCUT2D eigenvalue weighted by Gasteiger charge is -2.07. The van der Waals surface area contributed by atoms with E-state index in [9.17, 15) is 0 Å². The molecule has 0 amide bonds. The quantitative estimate of drug-likeness (QED) is 0.876. The highest BCUT2D eigenvalue weighted by molar-refractivity contribution is 5.65. The van der Waals surface area contributed by atoms with Crippen molar-refractivity contribution in [2.75, 3.05) is 7.05 Å². The van der Waals surface area contributed by atoms with Crippen LogP contribution in [0.1, 0.15) is 16.8 Å². The SMILES string of the molecule is CNCc1cc(-c2cc(C)ccc2C)n(C)n1. The van der Waals surface area contributed by atoms with Crippen LogP contribution in [-0.2, 0) is 13.6 Å². The van der Waals surface area contributed by atoms with E-state index in [1.54, 1.807) is 0 Å². The lowest BCUT2D eigenvalue weighted by molar-refractivity contribution is 0.716. The third kappa shape index (κ3) is 2.39. The number of aromatic nitrogens is 2. The molecule has 0 saturated heterocycles. The van der Waals surface area contributed by atoms with Crippen molar-refractivity contribution in [1.29, 1.82) is 0 Å². The lowest BCUT2D eigenvalue weighted by atomic mass is 10.0. The van der Waals surface area contributed by atoms with Crippen LogP contribution in [0, 0.1) is 13.8 Å². The molecular formula is C14H19N3. The molecule has 0 fully saturated rings. The summed E-state index contributed by atoms with van der Waals surface area (Å²) in [6.45, 7) is 5.06. The zero-order valence-corrected chi connectivity index (χ0v) is 10.9. The Balaban J connectivity index is 2.48. The number of nitrogens with zero attached hydrogens (tertiary/aromatic N) is 2. The third-order valence-corrected chi connectivity index (χ3v) is 2.96. The van der Waals surface area contributed by atoms with Crippen molar-refractivity contribution in [1.82, 2.24) is 15.1 Å². The molecule has 0 aliphatic carbocycles. The number of aryl methyl sites for hydroxylation is 3. The van der Waals surface area contributed by atoms with Crippen molar-refractivity contribution in [3.05, 3.63) is 41.1 Å². The molecule has 90 valence electrons. The summed E-state index contributed by atoms with van der Waals surface area (Å²) in [5.74, 6) is 0. The molecule has 2 aromatic rings. The molecule has 0 bridgehead atoms. The molecule has 0 spiro atoms. The van der Waals surface area contributed by atoms with E-state index in [2.05, 4.69) is 48.5 Å². The fourth-order valence-corrected chi connectivity index (χ4v) is 2.06. The zero-order chi connectivity index (χ0) is 12.4. The smallest absolute Gasteiger partial charge is 0.0768 e. The van der Waals surface area contributed by atoms with Gasteiger partial charge in [-0.25, -0.2) is 0 Å². The molecule has 0 atom stereocenters. The minimum absolute atomic E-state index is 0.804. The molecule has 0 aliphatic heterocycles. The van der Waals surface area contributed by atoms with Crippen molar-refractivity contribution < 1.29 is 0 Å². The molecule has 1 aromatic carbocycles. The van der Waals surface area contributed by atoms with Crippen LogP contribution in [-0.4, -0.2) is 16.8 Å². The van der Waals surface area contributed by atoms with Crippen molar-refractivity contribution >= 4 is 0 Å². The van der Waals surface area contributed by atoms with Gasteiger partial charge >= 0.3 is 0 Å². The van der Waals surface area contributed by atoms with Gasteiger partial charge in [0.25, 0.3) is 0 Å². The van der Waals surface area contributed by atoms with E-state index >= 15 is 0 Å². The zero-order valence-electron chi connectivity index (χ0n) is 10.9. The van der Waals surface area contributed by atoms with E-state index in [0.717, 1.165) is 12.2 Å². The van der Waals surface area contributed by atoms with Crippen molar-refractivity contribution in [3.8, 4) is 11.3 Å². The number of nitrogens with one attached hydrogen (secondary N) is 1. The average molecular weight is 229 g/mol. The van der Waals surface area contributed by atoms with E-state index in [0.29, 0.717) is 0 Å². The maximum Gasteiger partial charge on any atom is 0.0768 e. The van der Waals surface area contributed by atoms with E-state index in [-0.39, 0.29) is 0 Å². The van der Waals surface area contributed by atoms with Gasteiger partial charge in [0.05, 0.1) is 11.4 Å². The van der Waals surface area contributed by atoms with Crippen LogP contribution in [0.4, 0.5) is 0 Å². The third-order valence-electron chi connectivity index (χ3n) is 2.96. The van der Waals surface area contributed by atoms with Gasteiger partial charge in [-0.1, -0.05) is 17.7 Å². The van der Waals surface area contributed by atoms with Crippen LogP contribution in [0.15, 0.2) is 24.3 Å². The average Bonchev–Trinajstić information content (AvgIpc) is 2.64. The van der Waals surface area contributed by atoms with Crippen LogP contribution in [0.3, 0.4) is 0 Å². The molecule has 0 aliphatic rings. The molecular weight excluding hydrogens is 210 g/mol. The van der Waals surface area contributed by atoms with Crippen LogP contribution >= 0.6 is 0 Å². The fraction of sp³-hybridized carbons (Fsp3) is 0.357. The van der Waals surface area contributed by atoms with Crippen LogP contribution in [0.5, 0.6) is 0 Å². The highest BCUT2D eigenvalue weighted by Crippen LogP contribution is 2.24. The summed E-state index contributed by atoms with van der Waals surface area (Å²) in [6.07, 6.45) is 0. The van der Waals surface area contributed by atoms with Gasteiger partial charge < -0.3 is 5.32 Å². The van der Waals surface area contributed by atoms with Gasteiger partial charge in [0.15, 0.2) is 0 Å². The normalized spacial score (nSPS) is 10.8. The van der Waals surface area contributed by atoms with Gasteiger partial charge in [0, 0.05) is 19.2 Å². The molecule has 0 radical (unpaired) electrons. The summed E-state index contributed by atoms with van der Waals surface area (Å²) < 4.78 is 1.95. The number of hydrogen-bond acceptors (Lipinski definition) is 2. The minimum atomic E-state index is 0.804. The summed E-state index contributed by atoms with van der Waals surface area (Å²) in [4.78, 5) is 0. The Morgan fingerprint density at radius 3 is 2.71 bits per heavy atom. The van der Waals surface area contributed by atoms with Crippen LogP contribution in [0.25, 0.3) is 11.3 Å². The molecule has 2 rings (SSSR count). The van der Waals surface area contributed by atoms with Crippen molar-refractivity contribution in [2.24, 2.45) is 7.05 Å². The monoisotopic (exact) mass is 229 g/mol. The van der Waals surface area contributed by atoms with Gasteiger partial charge in [-0.15, -0.1) is 0 Å². The summed E-state index contributed by atoms with van der Waals surface area (Å²) in [6, 6.07) is 8.67. The second-order valence-electron chi connectivity index (χ2n) is 4.49. The topological polar surface area (TPSA) is 29.9 Å². The first-order valence-corrected chi connectivity index (χ1v) is 5.87. The maximum absolute atomic E-state index is 4.50. The Morgan fingerprint density at radius 1 is 1.24 bits per heavy atom. The summed E-state index contributed by atoms with van der Waals surface area (Å²) in [5.41, 5.74) is 6.08. The Morgan fingerprint density at radius 2 is 2.00 bits per heavy atom. The summed E-state index contributed by atoms with van der Waals surface area (Å²) >= 11 is 0. The molecule has 17 heavy (non-hydrogen) atoms. The first-order valence-electron chi connectivity index (χ1n) is 5.87. The summed E-state index contributed by atoms with van der Waals surface area (Å²) in [7, 11) is 3.93. The molecule has 3 heteroatoms. The van der Waals surface area contributed by atoms with E-state index < -0.39 is 0 Å².